The SMILES string of the molecule is C[Si]1(C)c2ccc(-c3cc4c(s3)c3sccc3n4-c3ccc(-c4ccccc4)cc3)cc2-c2cc(-c3cc4c(s3)c3sccc3n4-c3ccc(-c4ccccc4)cc3)ccc21. The first kappa shape index (κ1) is 35.7. The summed E-state index contributed by atoms with van der Waals surface area (Å²) in [5.74, 6) is 0. The average molecular weight is 869 g/mol. The predicted octanol–water partition coefficient (Wildman–Crippen LogP) is 15.6. The molecule has 7 heteroatoms. The van der Waals surface area contributed by atoms with Crippen molar-refractivity contribution in [3.63, 3.8) is 0 Å². The largest absolute Gasteiger partial charge is 0.307 e. The van der Waals surface area contributed by atoms with Crippen LogP contribution in [0.1, 0.15) is 0 Å². The highest BCUT2D eigenvalue weighted by molar-refractivity contribution is 7.29. The van der Waals surface area contributed by atoms with Crippen molar-refractivity contribution in [3.05, 3.63) is 181 Å². The highest BCUT2D eigenvalue weighted by Crippen LogP contribution is 2.47. The molecule has 0 fully saturated rings. The number of nitrogens with zero attached hydrogens (tertiary/aromatic N) is 2. The molecule has 0 saturated carbocycles. The molecule has 0 bridgehead atoms. The van der Waals surface area contributed by atoms with Crippen molar-refractivity contribution in [2.75, 3.05) is 0 Å². The van der Waals surface area contributed by atoms with E-state index in [4.69, 9.17) is 0 Å². The molecule has 6 aromatic carbocycles. The summed E-state index contributed by atoms with van der Waals surface area (Å²) in [6, 6.07) is 63.5. The molecule has 61 heavy (non-hydrogen) atoms. The van der Waals surface area contributed by atoms with Gasteiger partial charge in [-0.05, 0) is 126 Å². The van der Waals surface area contributed by atoms with E-state index in [1.54, 1.807) is 0 Å². The second-order valence-electron chi connectivity index (χ2n) is 16.6. The standard InChI is InChI=1S/C54H36N2S4Si/c1-61(2)49-23-17-37(47-31-45-53(59-47)51-43(25-27-57-51)55(45)39-19-13-35(14-20-39)33-9-5-3-6-10-33)29-41(49)42-30-38(18-24-50(42)61)48-32-46-54(60-48)52-44(26-28-58-52)56(46)40-21-15-36(16-22-40)34-11-7-4-8-12-34/h3-32H,1-2H3. The summed E-state index contributed by atoms with van der Waals surface area (Å²) in [6.07, 6.45) is 0. The summed E-state index contributed by atoms with van der Waals surface area (Å²) in [5, 5.41) is 7.54. The fourth-order valence-electron chi connectivity index (χ4n) is 9.76. The topological polar surface area (TPSA) is 9.86 Å². The summed E-state index contributed by atoms with van der Waals surface area (Å²) < 4.78 is 10.4. The smallest absolute Gasteiger partial charge is 0.113 e. The zero-order chi connectivity index (χ0) is 40.4. The van der Waals surface area contributed by atoms with Crippen molar-refractivity contribution in [3.8, 4) is 65.6 Å². The van der Waals surface area contributed by atoms with Crippen molar-refractivity contribution < 1.29 is 0 Å². The minimum atomic E-state index is -1.88. The van der Waals surface area contributed by atoms with Gasteiger partial charge in [0.15, 0.2) is 0 Å². The third kappa shape index (κ3) is 5.41. The molecule has 2 nitrogen and oxygen atoms in total. The number of thiophene rings is 4. The van der Waals surface area contributed by atoms with Crippen LogP contribution in [0.3, 0.4) is 0 Å². The van der Waals surface area contributed by atoms with Crippen LogP contribution in [0.25, 0.3) is 107 Å². The molecular weight excluding hydrogens is 833 g/mol. The maximum atomic E-state index is 2.52. The number of hydrogen-bond acceptors (Lipinski definition) is 4. The molecule has 0 amide bonds. The maximum Gasteiger partial charge on any atom is 0.113 e. The Bertz CT molecular complexity index is 3410. The summed E-state index contributed by atoms with van der Waals surface area (Å²) in [4.78, 5) is 2.64. The average Bonchev–Trinajstić information content (AvgIpc) is 4.18. The van der Waals surface area contributed by atoms with Crippen molar-refractivity contribution in [1.82, 2.24) is 9.13 Å². The summed E-state index contributed by atoms with van der Waals surface area (Å²) in [7, 11) is -1.88. The van der Waals surface area contributed by atoms with Crippen LogP contribution in [0.2, 0.25) is 13.1 Å². The molecule has 290 valence electrons. The van der Waals surface area contributed by atoms with Crippen LogP contribution in [-0.4, -0.2) is 17.2 Å². The monoisotopic (exact) mass is 868 g/mol. The van der Waals surface area contributed by atoms with Gasteiger partial charge in [0, 0.05) is 21.1 Å². The molecule has 13 rings (SSSR count). The van der Waals surface area contributed by atoms with E-state index in [9.17, 15) is 0 Å². The van der Waals surface area contributed by atoms with Gasteiger partial charge in [-0.15, -0.1) is 45.3 Å². The van der Waals surface area contributed by atoms with Crippen LogP contribution < -0.4 is 10.4 Å². The Morgan fingerprint density at radius 2 is 0.754 bits per heavy atom. The fraction of sp³-hybridized carbons (Fsp3) is 0.0370. The fourth-order valence-corrected chi connectivity index (χ4v) is 17.2. The molecule has 0 spiro atoms. The zero-order valence-electron chi connectivity index (χ0n) is 33.3. The van der Waals surface area contributed by atoms with Crippen LogP contribution in [0, 0.1) is 0 Å². The molecule has 0 aliphatic carbocycles. The molecular formula is C54H36N2S4Si. The Morgan fingerprint density at radius 3 is 1.18 bits per heavy atom. The number of hydrogen-bond donors (Lipinski definition) is 0. The van der Waals surface area contributed by atoms with E-state index in [0.29, 0.717) is 0 Å². The quantitative estimate of drug-likeness (QED) is 0.147. The van der Waals surface area contributed by atoms with Gasteiger partial charge in [0.25, 0.3) is 0 Å². The first-order valence-electron chi connectivity index (χ1n) is 20.6. The third-order valence-corrected chi connectivity index (χ3v) is 20.8. The molecule has 12 aromatic rings. The zero-order valence-corrected chi connectivity index (χ0v) is 37.6. The Morgan fingerprint density at radius 1 is 0.361 bits per heavy atom. The molecule has 1 aliphatic heterocycles. The number of fused-ring (bicyclic) bond motifs is 9. The third-order valence-electron chi connectivity index (χ3n) is 12.8. The van der Waals surface area contributed by atoms with E-state index < -0.39 is 8.07 Å². The number of aromatic nitrogens is 2. The molecule has 0 saturated heterocycles. The normalized spacial score (nSPS) is 13.2. The van der Waals surface area contributed by atoms with Crippen LogP contribution in [0.15, 0.2) is 181 Å². The highest BCUT2D eigenvalue weighted by Gasteiger charge is 2.38. The van der Waals surface area contributed by atoms with Crippen LogP contribution in [-0.2, 0) is 0 Å². The van der Waals surface area contributed by atoms with E-state index in [-0.39, 0.29) is 0 Å². The minimum absolute atomic E-state index is 1.20. The van der Waals surface area contributed by atoms with Crippen LogP contribution >= 0.6 is 45.3 Å². The van der Waals surface area contributed by atoms with Gasteiger partial charge >= 0.3 is 0 Å². The lowest BCUT2D eigenvalue weighted by Crippen LogP contribution is -2.49. The van der Waals surface area contributed by atoms with Gasteiger partial charge in [-0.3, -0.25) is 0 Å². The predicted molar refractivity (Wildman–Crippen MR) is 271 cm³/mol. The highest BCUT2D eigenvalue weighted by atomic mass is 32.1. The van der Waals surface area contributed by atoms with Gasteiger partial charge in [-0.2, -0.15) is 0 Å². The van der Waals surface area contributed by atoms with Crippen molar-refractivity contribution in [2.24, 2.45) is 0 Å². The first-order chi connectivity index (χ1) is 30.0. The molecule has 1 aliphatic rings. The molecule has 0 N–H and O–H groups in total. The van der Waals surface area contributed by atoms with Crippen LogP contribution in [0.4, 0.5) is 0 Å². The van der Waals surface area contributed by atoms with E-state index in [2.05, 4.69) is 203 Å². The van der Waals surface area contributed by atoms with Crippen LogP contribution in [0.5, 0.6) is 0 Å². The molecule has 7 heterocycles. The molecule has 6 aromatic heterocycles. The van der Waals surface area contributed by atoms with E-state index in [1.165, 1.54) is 117 Å². The second kappa shape index (κ2) is 13.5. The molecule has 0 unspecified atom stereocenters. The number of rotatable bonds is 6. The van der Waals surface area contributed by atoms with Gasteiger partial charge < -0.3 is 9.13 Å². The lowest BCUT2D eigenvalue weighted by atomic mass is 10.00. The molecule has 0 radical (unpaired) electrons. The van der Waals surface area contributed by atoms with Gasteiger partial charge in [-0.1, -0.05) is 122 Å². The van der Waals surface area contributed by atoms with Gasteiger partial charge in [0.05, 0.1) is 40.9 Å². The Balaban J connectivity index is 0.886. The van der Waals surface area contributed by atoms with Crippen molar-refractivity contribution in [2.45, 2.75) is 13.1 Å². The minimum Gasteiger partial charge on any atom is -0.307 e. The Hall–Kier alpha value is -6.06. The maximum absolute atomic E-state index is 2.52. The van der Waals surface area contributed by atoms with Gasteiger partial charge in [0.1, 0.15) is 8.07 Å². The van der Waals surface area contributed by atoms with Gasteiger partial charge in [0.2, 0.25) is 0 Å². The molecule has 0 atom stereocenters. The van der Waals surface area contributed by atoms with E-state index in [0.717, 1.165) is 0 Å². The van der Waals surface area contributed by atoms with E-state index >= 15 is 0 Å². The van der Waals surface area contributed by atoms with Crippen molar-refractivity contribution in [1.29, 1.82) is 0 Å². The summed E-state index contributed by atoms with van der Waals surface area (Å²) >= 11 is 7.56. The van der Waals surface area contributed by atoms with Crippen molar-refractivity contribution >= 4 is 105 Å². The van der Waals surface area contributed by atoms with E-state index in [1.807, 2.05) is 45.3 Å². The Kier molecular flexibility index (Phi) is 7.88. The summed E-state index contributed by atoms with van der Waals surface area (Å²) in [5.41, 5.74) is 17.9. The number of benzene rings is 6. The Labute approximate surface area is 370 Å². The lowest BCUT2D eigenvalue weighted by molar-refractivity contribution is 1.19. The first-order valence-corrected chi connectivity index (χ1v) is 27.0. The summed E-state index contributed by atoms with van der Waals surface area (Å²) in [6.45, 7) is 5.05. The second-order valence-corrected chi connectivity index (χ2v) is 24.8. The van der Waals surface area contributed by atoms with Gasteiger partial charge in [-0.25, -0.2) is 0 Å². The lowest BCUT2D eigenvalue weighted by Gasteiger charge is -2.19.